The highest BCUT2D eigenvalue weighted by Gasteiger charge is 2.14. The largest absolute Gasteiger partial charge is 0.328 e. The van der Waals surface area contributed by atoms with E-state index in [-0.39, 0.29) is 21.5 Å². The van der Waals surface area contributed by atoms with Crippen molar-refractivity contribution in [1.29, 1.82) is 0 Å². The summed E-state index contributed by atoms with van der Waals surface area (Å²) in [7, 11) is 0. The van der Waals surface area contributed by atoms with E-state index in [1.54, 1.807) is 6.07 Å². The Morgan fingerprint density at radius 2 is 1.74 bits per heavy atom. The summed E-state index contributed by atoms with van der Waals surface area (Å²) in [6, 6.07) is 7.75. The predicted octanol–water partition coefficient (Wildman–Crippen LogP) is 4.11. The average Bonchev–Trinajstić information content (AvgIpc) is 2.67. The van der Waals surface area contributed by atoms with Crippen molar-refractivity contribution < 1.29 is 13.2 Å². The predicted molar refractivity (Wildman–Crippen MR) is 68.3 cm³/mol. The van der Waals surface area contributed by atoms with E-state index in [9.17, 15) is 13.2 Å². The van der Waals surface area contributed by atoms with Gasteiger partial charge in [-0.25, -0.2) is 13.2 Å². The number of fused-ring (bicyclic) bond motifs is 1. The van der Waals surface area contributed by atoms with E-state index in [0.29, 0.717) is 0 Å². The van der Waals surface area contributed by atoms with Crippen LogP contribution in [0.1, 0.15) is 0 Å². The Morgan fingerprint density at radius 3 is 2.47 bits per heavy atom. The number of aromatic nitrogens is 2. The lowest BCUT2D eigenvalue weighted by molar-refractivity contribution is 0.590. The number of nitrogens with one attached hydrogen (secondary N) is 1. The Morgan fingerprint density at radius 1 is 1.00 bits per heavy atom. The number of rotatable bonds is 1. The third kappa shape index (κ3) is 1.84. The van der Waals surface area contributed by atoms with Crippen LogP contribution in [0.25, 0.3) is 16.7 Å². The molecule has 0 amide bonds. The first kappa shape index (κ1) is 12.0. The summed E-state index contributed by atoms with van der Waals surface area (Å²) in [6.07, 6.45) is 0. The second kappa shape index (κ2) is 4.24. The molecule has 0 spiro atoms. The fourth-order valence-corrected chi connectivity index (χ4v) is 2.30. The molecule has 3 rings (SSSR count). The normalized spacial score (nSPS) is 11.1. The molecule has 0 aliphatic carbocycles. The van der Waals surface area contributed by atoms with Gasteiger partial charge in [0.2, 0.25) is 0 Å². The van der Waals surface area contributed by atoms with Gasteiger partial charge in [0.1, 0.15) is 17.2 Å². The molecule has 19 heavy (non-hydrogen) atoms. The summed E-state index contributed by atoms with van der Waals surface area (Å²) < 4.78 is 42.1. The molecule has 0 saturated heterocycles. The van der Waals surface area contributed by atoms with Gasteiger partial charge < -0.3 is 4.98 Å². The third-order valence-electron chi connectivity index (χ3n) is 2.80. The fraction of sp³-hybridized carbons (Fsp3) is 0. The molecule has 2 nitrogen and oxygen atoms in total. The van der Waals surface area contributed by atoms with Crippen molar-refractivity contribution in [2.45, 2.75) is 0 Å². The Hall–Kier alpha value is -2.08. The first-order chi connectivity index (χ1) is 9.08. The second-order valence-corrected chi connectivity index (χ2v) is 4.39. The Bertz CT molecular complexity index is 836. The lowest BCUT2D eigenvalue weighted by atomic mass is 10.2. The molecule has 0 radical (unpaired) electrons. The minimum atomic E-state index is -0.767. The van der Waals surface area contributed by atoms with Gasteiger partial charge in [-0.1, -0.05) is 12.1 Å². The molecular formula is C13H7F3N2S. The lowest BCUT2D eigenvalue weighted by Gasteiger charge is -2.05. The van der Waals surface area contributed by atoms with Crippen LogP contribution in [0.4, 0.5) is 13.2 Å². The van der Waals surface area contributed by atoms with Gasteiger partial charge in [-0.05, 0) is 24.4 Å². The maximum atomic E-state index is 13.8. The van der Waals surface area contributed by atoms with Crippen molar-refractivity contribution in [2.75, 3.05) is 0 Å². The topological polar surface area (TPSA) is 20.7 Å². The first-order valence-corrected chi connectivity index (χ1v) is 5.83. The highest BCUT2D eigenvalue weighted by atomic mass is 32.1. The minimum absolute atomic E-state index is 0.0506. The number of para-hydroxylation sites is 1. The molecule has 0 unspecified atom stereocenters. The molecule has 0 aliphatic heterocycles. The van der Waals surface area contributed by atoms with E-state index >= 15 is 0 Å². The molecule has 3 aromatic rings. The van der Waals surface area contributed by atoms with Gasteiger partial charge in [0.25, 0.3) is 0 Å². The molecule has 96 valence electrons. The molecule has 1 N–H and O–H groups in total. The van der Waals surface area contributed by atoms with E-state index < -0.39 is 17.5 Å². The molecule has 0 fully saturated rings. The average molecular weight is 280 g/mol. The van der Waals surface area contributed by atoms with Crippen LogP contribution in [-0.4, -0.2) is 9.55 Å². The van der Waals surface area contributed by atoms with Crippen molar-refractivity contribution in [3.05, 3.63) is 58.6 Å². The van der Waals surface area contributed by atoms with Crippen molar-refractivity contribution in [3.8, 4) is 5.69 Å². The van der Waals surface area contributed by atoms with Gasteiger partial charge in [-0.15, -0.1) is 0 Å². The minimum Gasteiger partial charge on any atom is -0.328 e. The van der Waals surface area contributed by atoms with Gasteiger partial charge in [0.05, 0.1) is 11.2 Å². The molecular weight excluding hydrogens is 273 g/mol. The van der Waals surface area contributed by atoms with Gasteiger partial charge in [-0.3, -0.25) is 4.57 Å². The number of aromatic amines is 1. The number of hydrogen-bond acceptors (Lipinski definition) is 1. The standard InChI is InChI=1S/C13H7F3N2S/c14-7-5-9(16)12-11(6-7)18(13(19)17-12)10-4-2-1-3-8(10)15/h1-6H,(H,17,19). The van der Waals surface area contributed by atoms with Crippen LogP contribution in [0.5, 0.6) is 0 Å². The number of benzene rings is 2. The van der Waals surface area contributed by atoms with E-state index in [4.69, 9.17) is 12.2 Å². The van der Waals surface area contributed by atoms with Crippen molar-refractivity contribution in [1.82, 2.24) is 9.55 Å². The van der Waals surface area contributed by atoms with Crippen LogP contribution in [0.2, 0.25) is 0 Å². The lowest BCUT2D eigenvalue weighted by Crippen LogP contribution is -1.97. The summed E-state index contributed by atoms with van der Waals surface area (Å²) in [5.41, 5.74) is 0.353. The summed E-state index contributed by atoms with van der Waals surface area (Å²) >= 11 is 5.05. The Balaban J connectivity index is 2.45. The van der Waals surface area contributed by atoms with E-state index in [1.165, 1.54) is 22.8 Å². The van der Waals surface area contributed by atoms with E-state index in [2.05, 4.69) is 4.98 Å². The maximum absolute atomic E-state index is 13.8. The zero-order chi connectivity index (χ0) is 13.6. The second-order valence-electron chi connectivity index (χ2n) is 4.00. The number of halogens is 3. The quantitative estimate of drug-likeness (QED) is 0.665. The number of imidazole rings is 1. The van der Waals surface area contributed by atoms with Gasteiger partial charge in [-0.2, -0.15) is 0 Å². The summed E-state index contributed by atoms with van der Waals surface area (Å²) in [5, 5.41) is 0. The molecule has 0 atom stereocenters. The maximum Gasteiger partial charge on any atom is 0.182 e. The molecule has 0 bridgehead atoms. The zero-order valence-electron chi connectivity index (χ0n) is 9.45. The van der Waals surface area contributed by atoms with Crippen molar-refractivity contribution >= 4 is 23.3 Å². The molecule has 1 aromatic heterocycles. The van der Waals surface area contributed by atoms with E-state index in [0.717, 1.165) is 12.1 Å². The van der Waals surface area contributed by atoms with Crippen molar-refractivity contribution in [2.24, 2.45) is 0 Å². The Labute approximate surface area is 111 Å². The molecule has 0 aliphatic rings. The number of H-pyrrole nitrogens is 1. The first-order valence-electron chi connectivity index (χ1n) is 5.42. The highest BCUT2D eigenvalue weighted by Crippen LogP contribution is 2.24. The van der Waals surface area contributed by atoms with Crippen LogP contribution in [0, 0.1) is 22.2 Å². The van der Waals surface area contributed by atoms with Crippen molar-refractivity contribution in [3.63, 3.8) is 0 Å². The van der Waals surface area contributed by atoms with Crippen LogP contribution in [0.3, 0.4) is 0 Å². The Kier molecular flexibility index (Phi) is 2.67. The van der Waals surface area contributed by atoms with Crippen LogP contribution >= 0.6 is 12.2 Å². The fourth-order valence-electron chi connectivity index (χ4n) is 2.00. The zero-order valence-corrected chi connectivity index (χ0v) is 10.3. The van der Waals surface area contributed by atoms with Gasteiger partial charge >= 0.3 is 0 Å². The van der Waals surface area contributed by atoms with Crippen LogP contribution in [-0.2, 0) is 0 Å². The highest BCUT2D eigenvalue weighted by molar-refractivity contribution is 7.71. The molecule has 0 saturated carbocycles. The molecule has 2 aromatic carbocycles. The SMILES string of the molecule is Fc1cc(F)c2[nH]c(=S)n(-c3ccccc3F)c2c1. The van der Waals surface area contributed by atoms with Gasteiger partial charge in [0, 0.05) is 12.1 Å². The summed E-state index contributed by atoms with van der Waals surface area (Å²) in [6.45, 7) is 0. The third-order valence-corrected chi connectivity index (χ3v) is 3.09. The monoisotopic (exact) mass is 280 g/mol. The van der Waals surface area contributed by atoms with Gasteiger partial charge in [0.15, 0.2) is 10.6 Å². The summed E-state index contributed by atoms with van der Waals surface area (Å²) in [4.78, 5) is 2.62. The molecule has 6 heteroatoms. The number of nitrogens with zero attached hydrogens (tertiary/aromatic N) is 1. The summed E-state index contributed by atoms with van der Waals surface area (Å²) in [5.74, 6) is -2.04. The molecule has 1 heterocycles. The van der Waals surface area contributed by atoms with E-state index in [1.807, 2.05) is 0 Å². The van der Waals surface area contributed by atoms with Crippen LogP contribution < -0.4 is 0 Å². The van der Waals surface area contributed by atoms with Crippen LogP contribution in [0.15, 0.2) is 36.4 Å². The smallest absolute Gasteiger partial charge is 0.182 e. The number of hydrogen-bond donors (Lipinski definition) is 1.